The molecule has 0 saturated heterocycles. The van der Waals surface area contributed by atoms with Crippen molar-refractivity contribution in [2.24, 2.45) is 0 Å². The fourth-order valence-corrected chi connectivity index (χ4v) is 2.34. The highest BCUT2D eigenvalue weighted by Gasteiger charge is 2.14. The van der Waals surface area contributed by atoms with Gasteiger partial charge >= 0.3 is 0 Å². The summed E-state index contributed by atoms with van der Waals surface area (Å²) in [7, 11) is 0. The number of rotatable bonds is 2. The van der Waals surface area contributed by atoms with E-state index in [0.717, 1.165) is 16.5 Å². The van der Waals surface area contributed by atoms with E-state index in [4.69, 9.17) is 0 Å². The van der Waals surface area contributed by atoms with E-state index in [0.29, 0.717) is 5.39 Å². The Morgan fingerprint density at radius 2 is 1.37 bits per heavy atom. The molecule has 0 aliphatic rings. The Hall–Kier alpha value is -2.19. The van der Waals surface area contributed by atoms with Gasteiger partial charge in [-0.25, -0.2) is 4.39 Å². The van der Waals surface area contributed by atoms with Crippen LogP contribution in [0.4, 0.5) is 4.39 Å². The molecule has 0 amide bonds. The van der Waals surface area contributed by atoms with Crippen LogP contribution in [-0.2, 0) is 0 Å². The van der Waals surface area contributed by atoms with E-state index >= 15 is 0 Å². The molecule has 0 bridgehead atoms. The summed E-state index contributed by atoms with van der Waals surface area (Å²) in [5.74, 6) is -0.264. The molecule has 0 spiro atoms. The molecule has 3 aromatic carbocycles. The average Bonchev–Trinajstić information content (AvgIpc) is 2.48. The third kappa shape index (κ3) is 2.11. The Labute approximate surface area is 110 Å². The Bertz CT molecular complexity index is 707. The van der Waals surface area contributed by atoms with Crippen molar-refractivity contribution < 1.29 is 9.50 Å². The summed E-state index contributed by atoms with van der Waals surface area (Å²) < 4.78 is 13.8. The normalized spacial score (nSPS) is 12.5. The summed E-state index contributed by atoms with van der Waals surface area (Å²) >= 11 is 0. The first-order valence-corrected chi connectivity index (χ1v) is 6.17. The first kappa shape index (κ1) is 11.9. The lowest BCUT2D eigenvalue weighted by Gasteiger charge is -2.14. The van der Waals surface area contributed by atoms with Crippen molar-refractivity contribution in [1.82, 2.24) is 0 Å². The third-order valence-electron chi connectivity index (χ3n) is 3.31. The van der Waals surface area contributed by atoms with E-state index in [1.54, 1.807) is 18.2 Å². The number of hydrogen-bond donors (Lipinski definition) is 1. The maximum absolute atomic E-state index is 13.8. The monoisotopic (exact) mass is 252 g/mol. The van der Waals surface area contributed by atoms with Gasteiger partial charge < -0.3 is 5.11 Å². The van der Waals surface area contributed by atoms with Crippen LogP contribution in [0.2, 0.25) is 0 Å². The van der Waals surface area contributed by atoms with E-state index in [-0.39, 0.29) is 5.82 Å². The summed E-state index contributed by atoms with van der Waals surface area (Å²) in [5, 5.41) is 11.7. The number of halogens is 1. The van der Waals surface area contributed by atoms with Crippen LogP contribution in [0.3, 0.4) is 0 Å². The predicted molar refractivity (Wildman–Crippen MR) is 74.4 cm³/mol. The van der Waals surface area contributed by atoms with Crippen LogP contribution in [0.1, 0.15) is 17.2 Å². The lowest BCUT2D eigenvalue weighted by molar-refractivity contribution is 0.222. The minimum absolute atomic E-state index is 0.264. The van der Waals surface area contributed by atoms with E-state index in [9.17, 15) is 9.50 Å². The van der Waals surface area contributed by atoms with Gasteiger partial charge in [0.1, 0.15) is 11.9 Å². The number of fused-ring (bicyclic) bond motifs is 1. The lowest BCUT2D eigenvalue weighted by Crippen LogP contribution is -2.00. The molecule has 0 fully saturated rings. The molecular weight excluding hydrogens is 239 g/mol. The lowest BCUT2D eigenvalue weighted by atomic mass is 9.96. The second-order valence-corrected chi connectivity index (χ2v) is 4.50. The van der Waals surface area contributed by atoms with Gasteiger partial charge in [-0.2, -0.15) is 0 Å². The second-order valence-electron chi connectivity index (χ2n) is 4.50. The summed E-state index contributed by atoms with van der Waals surface area (Å²) in [5.41, 5.74) is 1.53. The molecular formula is C17H13FO. The number of aliphatic hydroxyl groups excluding tert-OH is 1. The molecule has 19 heavy (non-hydrogen) atoms. The van der Waals surface area contributed by atoms with Crippen molar-refractivity contribution in [3.63, 3.8) is 0 Å². The SMILES string of the molecule is OC(c1ccccc1)c1ccc(F)c2ccccc12. The van der Waals surface area contributed by atoms with Gasteiger partial charge in [-0.05, 0) is 22.6 Å². The molecule has 1 atom stereocenters. The van der Waals surface area contributed by atoms with Crippen LogP contribution in [0, 0.1) is 5.82 Å². The average molecular weight is 252 g/mol. The van der Waals surface area contributed by atoms with Gasteiger partial charge in [0.2, 0.25) is 0 Å². The van der Waals surface area contributed by atoms with E-state index < -0.39 is 6.10 Å². The third-order valence-corrected chi connectivity index (χ3v) is 3.31. The van der Waals surface area contributed by atoms with E-state index in [1.807, 2.05) is 42.5 Å². The predicted octanol–water partition coefficient (Wildman–Crippen LogP) is 4.06. The molecule has 0 radical (unpaired) electrons. The highest BCUT2D eigenvalue weighted by atomic mass is 19.1. The largest absolute Gasteiger partial charge is 0.384 e. The van der Waals surface area contributed by atoms with Gasteiger partial charge in [-0.15, -0.1) is 0 Å². The van der Waals surface area contributed by atoms with E-state index in [2.05, 4.69) is 0 Å². The molecule has 94 valence electrons. The second kappa shape index (κ2) is 4.82. The van der Waals surface area contributed by atoms with Crippen molar-refractivity contribution in [3.05, 3.63) is 83.7 Å². The first-order chi connectivity index (χ1) is 9.27. The summed E-state index contributed by atoms with van der Waals surface area (Å²) in [4.78, 5) is 0. The van der Waals surface area contributed by atoms with Gasteiger partial charge in [-0.1, -0.05) is 60.7 Å². The fourth-order valence-electron chi connectivity index (χ4n) is 2.34. The molecule has 1 nitrogen and oxygen atoms in total. The van der Waals surface area contributed by atoms with Crippen molar-refractivity contribution in [3.8, 4) is 0 Å². The zero-order chi connectivity index (χ0) is 13.2. The highest BCUT2D eigenvalue weighted by molar-refractivity contribution is 5.86. The maximum Gasteiger partial charge on any atom is 0.131 e. The summed E-state index contributed by atoms with van der Waals surface area (Å²) in [6, 6.07) is 19.6. The van der Waals surface area contributed by atoms with Crippen LogP contribution in [0.5, 0.6) is 0 Å². The molecule has 1 unspecified atom stereocenters. The highest BCUT2D eigenvalue weighted by Crippen LogP contribution is 2.30. The standard InChI is InChI=1S/C17H13FO/c18-16-11-10-15(13-8-4-5-9-14(13)16)17(19)12-6-2-1-3-7-12/h1-11,17,19H. The Balaban J connectivity index is 2.18. The van der Waals surface area contributed by atoms with Gasteiger partial charge in [0.05, 0.1) is 0 Å². The van der Waals surface area contributed by atoms with Gasteiger partial charge in [0.15, 0.2) is 0 Å². The summed E-state index contributed by atoms with van der Waals surface area (Å²) in [6.07, 6.45) is -0.744. The first-order valence-electron chi connectivity index (χ1n) is 6.17. The Morgan fingerprint density at radius 1 is 0.737 bits per heavy atom. The number of benzene rings is 3. The number of aliphatic hydroxyl groups is 1. The van der Waals surface area contributed by atoms with Crippen LogP contribution >= 0.6 is 0 Å². The van der Waals surface area contributed by atoms with Crippen molar-refractivity contribution in [1.29, 1.82) is 0 Å². The van der Waals surface area contributed by atoms with E-state index in [1.165, 1.54) is 6.07 Å². The molecule has 1 N–H and O–H groups in total. The minimum atomic E-state index is -0.744. The van der Waals surface area contributed by atoms with Gasteiger partial charge in [0.25, 0.3) is 0 Å². The quantitative estimate of drug-likeness (QED) is 0.729. The Morgan fingerprint density at radius 3 is 2.11 bits per heavy atom. The molecule has 0 saturated carbocycles. The molecule has 0 heterocycles. The fraction of sp³-hybridized carbons (Fsp3) is 0.0588. The number of hydrogen-bond acceptors (Lipinski definition) is 1. The van der Waals surface area contributed by atoms with Crippen LogP contribution in [0.15, 0.2) is 66.7 Å². The van der Waals surface area contributed by atoms with Crippen molar-refractivity contribution in [2.75, 3.05) is 0 Å². The van der Waals surface area contributed by atoms with Gasteiger partial charge in [-0.3, -0.25) is 0 Å². The van der Waals surface area contributed by atoms with Crippen molar-refractivity contribution in [2.45, 2.75) is 6.10 Å². The smallest absolute Gasteiger partial charge is 0.131 e. The zero-order valence-corrected chi connectivity index (χ0v) is 10.3. The van der Waals surface area contributed by atoms with Crippen LogP contribution in [-0.4, -0.2) is 5.11 Å². The van der Waals surface area contributed by atoms with Crippen LogP contribution in [0.25, 0.3) is 10.8 Å². The summed E-state index contributed by atoms with van der Waals surface area (Å²) in [6.45, 7) is 0. The minimum Gasteiger partial charge on any atom is -0.384 e. The topological polar surface area (TPSA) is 20.2 Å². The van der Waals surface area contributed by atoms with Crippen molar-refractivity contribution >= 4 is 10.8 Å². The molecule has 0 aliphatic heterocycles. The molecule has 0 aliphatic carbocycles. The molecule has 3 aromatic rings. The molecule has 2 heteroatoms. The van der Waals surface area contributed by atoms with Gasteiger partial charge in [0, 0.05) is 5.39 Å². The molecule has 0 aromatic heterocycles. The maximum atomic E-state index is 13.8. The zero-order valence-electron chi connectivity index (χ0n) is 10.3. The van der Waals surface area contributed by atoms with Crippen LogP contribution < -0.4 is 0 Å². The molecule has 3 rings (SSSR count). The Kier molecular flexibility index (Phi) is 3.02.